The van der Waals surface area contributed by atoms with Gasteiger partial charge in [0.25, 0.3) is 0 Å². The van der Waals surface area contributed by atoms with Crippen molar-refractivity contribution in [3.63, 3.8) is 0 Å². The zero-order valence-electron chi connectivity index (χ0n) is 13.2. The van der Waals surface area contributed by atoms with E-state index in [-0.39, 0.29) is 18.5 Å². The molecule has 2 aromatic carbocycles. The normalized spacial score (nSPS) is 10.4. The Balaban J connectivity index is 2.04. The predicted molar refractivity (Wildman–Crippen MR) is 89.4 cm³/mol. The molecular formula is C18H22N2O2. The Bertz CT molecular complexity index is 611. The maximum atomic E-state index is 12.1. The lowest BCUT2D eigenvalue weighted by Crippen LogP contribution is -2.37. The molecule has 0 saturated carbocycles. The number of benzene rings is 2. The first-order chi connectivity index (χ1) is 10.6. The molecule has 0 aliphatic rings. The Morgan fingerprint density at radius 2 is 1.73 bits per heavy atom. The lowest BCUT2D eigenvalue weighted by molar-refractivity contribution is -0.129. The van der Waals surface area contributed by atoms with Crippen molar-refractivity contribution in [3.8, 4) is 11.5 Å². The molecule has 4 heteroatoms. The summed E-state index contributed by atoms with van der Waals surface area (Å²) < 4.78 is 5.86. The highest BCUT2D eigenvalue weighted by molar-refractivity contribution is 5.81. The Kier molecular flexibility index (Phi) is 5.42. The first-order valence-corrected chi connectivity index (χ1v) is 7.39. The van der Waals surface area contributed by atoms with Crippen LogP contribution in [0.1, 0.15) is 13.8 Å². The van der Waals surface area contributed by atoms with Crippen molar-refractivity contribution in [2.75, 3.05) is 18.9 Å². The maximum Gasteiger partial charge on any atom is 0.241 e. The molecule has 22 heavy (non-hydrogen) atoms. The first kappa shape index (κ1) is 15.9. The van der Waals surface area contributed by atoms with E-state index in [1.54, 1.807) is 11.9 Å². The van der Waals surface area contributed by atoms with E-state index in [0.717, 1.165) is 11.4 Å². The van der Waals surface area contributed by atoms with E-state index in [1.807, 2.05) is 68.4 Å². The fourth-order valence-electron chi connectivity index (χ4n) is 1.90. The van der Waals surface area contributed by atoms with Crippen molar-refractivity contribution in [2.45, 2.75) is 19.9 Å². The maximum absolute atomic E-state index is 12.1. The van der Waals surface area contributed by atoms with Crippen LogP contribution in [0.2, 0.25) is 0 Å². The Hall–Kier alpha value is -2.49. The van der Waals surface area contributed by atoms with Gasteiger partial charge in [0.1, 0.15) is 5.75 Å². The van der Waals surface area contributed by atoms with E-state index in [1.165, 1.54) is 0 Å². The molecule has 0 aliphatic heterocycles. The minimum absolute atomic E-state index is 0.0458. The van der Waals surface area contributed by atoms with Crippen LogP contribution < -0.4 is 10.1 Å². The second-order valence-electron chi connectivity index (χ2n) is 5.36. The monoisotopic (exact) mass is 298 g/mol. The molecule has 0 bridgehead atoms. The number of para-hydroxylation sites is 3. The molecule has 0 aromatic heterocycles. The molecule has 0 radical (unpaired) electrons. The molecule has 0 spiro atoms. The lowest BCUT2D eigenvalue weighted by Gasteiger charge is -2.22. The summed E-state index contributed by atoms with van der Waals surface area (Å²) in [7, 11) is 1.81. The quantitative estimate of drug-likeness (QED) is 0.883. The van der Waals surface area contributed by atoms with E-state index in [4.69, 9.17) is 4.74 Å². The summed E-state index contributed by atoms with van der Waals surface area (Å²) in [5, 5.41) is 3.15. The average Bonchev–Trinajstić information content (AvgIpc) is 2.54. The van der Waals surface area contributed by atoms with Crippen LogP contribution in [0.25, 0.3) is 0 Å². The number of hydrogen-bond donors (Lipinski definition) is 1. The molecule has 1 N–H and O–H groups in total. The second-order valence-corrected chi connectivity index (χ2v) is 5.36. The van der Waals surface area contributed by atoms with Gasteiger partial charge in [-0.3, -0.25) is 4.79 Å². The van der Waals surface area contributed by atoms with E-state index in [0.29, 0.717) is 5.75 Å². The van der Waals surface area contributed by atoms with Gasteiger partial charge in [-0.1, -0.05) is 30.3 Å². The number of anilines is 1. The van der Waals surface area contributed by atoms with Gasteiger partial charge in [-0.25, -0.2) is 0 Å². The number of hydrogen-bond acceptors (Lipinski definition) is 3. The van der Waals surface area contributed by atoms with Gasteiger partial charge in [0.05, 0.1) is 12.2 Å². The number of carbonyl (C=O) groups is 1. The topological polar surface area (TPSA) is 41.6 Å². The third kappa shape index (κ3) is 4.25. The molecule has 1 amide bonds. The Morgan fingerprint density at radius 3 is 2.41 bits per heavy atom. The number of rotatable bonds is 6. The van der Waals surface area contributed by atoms with Crippen molar-refractivity contribution in [1.82, 2.24) is 4.90 Å². The van der Waals surface area contributed by atoms with Gasteiger partial charge in [-0.15, -0.1) is 0 Å². The minimum Gasteiger partial charge on any atom is -0.455 e. The van der Waals surface area contributed by atoms with Crippen molar-refractivity contribution in [1.29, 1.82) is 0 Å². The molecule has 2 aromatic rings. The fraction of sp³-hybridized carbons (Fsp3) is 0.278. The van der Waals surface area contributed by atoms with Crippen molar-refractivity contribution in [2.24, 2.45) is 0 Å². The van der Waals surface area contributed by atoms with Gasteiger partial charge in [-0.2, -0.15) is 0 Å². The van der Waals surface area contributed by atoms with Gasteiger partial charge in [0, 0.05) is 13.1 Å². The van der Waals surface area contributed by atoms with Gasteiger partial charge in [-0.05, 0) is 38.1 Å². The summed E-state index contributed by atoms with van der Waals surface area (Å²) >= 11 is 0. The average molecular weight is 298 g/mol. The fourth-order valence-corrected chi connectivity index (χ4v) is 1.90. The number of carbonyl (C=O) groups excluding carboxylic acids is 1. The standard InChI is InChI=1S/C18H22N2O2/c1-14(2)20(3)18(21)13-19-16-11-7-8-12-17(16)22-15-9-5-4-6-10-15/h4-12,14,19H,13H2,1-3H3. The van der Waals surface area contributed by atoms with Crippen LogP contribution in [0, 0.1) is 0 Å². The molecular weight excluding hydrogens is 276 g/mol. The predicted octanol–water partition coefficient (Wildman–Crippen LogP) is 3.76. The number of nitrogens with one attached hydrogen (secondary N) is 1. The van der Waals surface area contributed by atoms with Crippen LogP contribution in [-0.4, -0.2) is 30.4 Å². The van der Waals surface area contributed by atoms with Crippen LogP contribution in [0.15, 0.2) is 54.6 Å². The molecule has 4 nitrogen and oxygen atoms in total. The summed E-state index contributed by atoms with van der Waals surface area (Å²) in [4.78, 5) is 13.8. The van der Waals surface area contributed by atoms with E-state index < -0.39 is 0 Å². The van der Waals surface area contributed by atoms with E-state index in [9.17, 15) is 4.79 Å². The molecule has 0 aliphatic carbocycles. The zero-order valence-corrected chi connectivity index (χ0v) is 13.2. The van der Waals surface area contributed by atoms with Crippen LogP contribution in [-0.2, 0) is 4.79 Å². The molecule has 116 valence electrons. The highest BCUT2D eigenvalue weighted by Gasteiger charge is 2.12. The summed E-state index contributed by atoms with van der Waals surface area (Å²) in [6.45, 7) is 4.22. The largest absolute Gasteiger partial charge is 0.455 e. The molecule has 0 heterocycles. The van der Waals surface area contributed by atoms with Crippen molar-refractivity contribution < 1.29 is 9.53 Å². The number of amides is 1. The minimum atomic E-state index is 0.0458. The second kappa shape index (κ2) is 7.50. The number of ether oxygens (including phenoxy) is 1. The van der Waals surface area contributed by atoms with Crippen LogP contribution >= 0.6 is 0 Å². The molecule has 0 unspecified atom stereocenters. The van der Waals surface area contributed by atoms with Gasteiger partial charge >= 0.3 is 0 Å². The van der Waals surface area contributed by atoms with Gasteiger partial charge in [0.15, 0.2) is 5.75 Å². The van der Waals surface area contributed by atoms with Gasteiger partial charge in [0.2, 0.25) is 5.91 Å². The zero-order chi connectivity index (χ0) is 15.9. The molecule has 2 rings (SSSR count). The van der Waals surface area contributed by atoms with Crippen LogP contribution in [0.5, 0.6) is 11.5 Å². The molecule has 0 atom stereocenters. The van der Waals surface area contributed by atoms with E-state index >= 15 is 0 Å². The Labute approximate surface area is 131 Å². The van der Waals surface area contributed by atoms with E-state index in [2.05, 4.69) is 5.32 Å². The first-order valence-electron chi connectivity index (χ1n) is 7.39. The Morgan fingerprint density at radius 1 is 1.09 bits per heavy atom. The van der Waals surface area contributed by atoms with Crippen LogP contribution in [0.4, 0.5) is 5.69 Å². The van der Waals surface area contributed by atoms with Crippen LogP contribution in [0.3, 0.4) is 0 Å². The highest BCUT2D eigenvalue weighted by Crippen LogP contribution is 2.28. The smallest absolute Gasteiger partial charge is 0.241 e. The van der Waals surface area contributed by atoms with Crippen molar-refractivity contribution in [3.05, 3.63) is 54.6 Å². The number of nitrogens with zero attached hydrogens (tertiary/aromatic N) is 1. The number of likely N-dealkylation sites (N-methyl/N-ethyl adjacent to an activating group) is 1. The summed E-state index contributed by atoms with van der Waals surface area (Å²) in [5.74, 6) is 1.51. The third-order valence-corrected chi connectivity index (χ3v) is 3.46. The summed E-state index contributed by atoms with van der Waals surface area (Å²) in [5.41, 5.74) is 0.803. The summed E-state index contributed by atoms with van der Waals surface area (Å²) in [6, 6.07) is 17.4. The molecule has 0 saturated heterocycles. The van der Waals surface area contributed by atoms with Crippen molar-refractivity contribution >= 4 is 11.6 Å². The molecule has 0 fully saturated rings. The SMILES string of the molecule is CC(C)N(C)C(=O)CNc1ccccc1Oc1ccccc1. The third-order valence-electron chi connectivity index (χ3n) is 3.46. The van der Waals surface area contributed by atoms with Gasteiger partial charge < -0.3 is 15.0 Å². The summed E-state index contributed by atoms with van der Waals surface area (Å²) in [6.07, 6.45) is 0. The highest BCUT2D eigenvalue weighted by atomic mass is 16.5. The lowest BCUT2D eigenvalue weighted by atomic mass is 10.2.